The van der Waals surface area contributed by atoms with E-state index in [2.05, 4.69) is 10.6 Å². The van der Waals surface area contributed by atoms with Crippen LogP contribution < -0.4 is 14.9 Å². The highest BCUT2D eigenvalue weighted by Gasteiger charge is 2.32. The van der Waals surface area contributed by atoms with E-state index in [1.165, 1.54) is 6.26 Å². The lowest BCUT2D eigenvalue weighted by Gasteiger charge is -2.30. The minimum absolute atomic E-state index is 0.196. The van der Waals surface area contributed by atoms with Gasteiger partial charge in [-0.3, -0.25) is 13.9 Å². The van der Waals surface area contributed by atoms with Crippen LogP contribution in [0.4, 0.5) is 11.4 Å². The smallest absolute Gasteiger partial charge is 0.253 e. The van der Waals surface area contributed by atoms with Crippen molar-refractivity contribution in [3.8, 4) is 0 Å². The fourth-order valence-corrected chi connectivity index (χ4v) is 4.53. The largest absolute Gasteiger partial charge is 0.467 e. The number of para-hydroxylation sites is 2. The SMILES string of the molecule is CC[C@H](C(=O)Nc1ccccc1C(=O)NCc1ccco1)N(c1ccccc1)S(C)(=O)=O. The third-order valence-electron chi connectivity index (χ3n) is 4.77. The maximum atomic E-state index is 13.2. The third-order valence-corrected chi connectivity index (χ3v) is 5.95. The zero-order valence-electron chi connectivity index (χ0n) is 17.8. The number of carbonyl (C=O) groups is 2. The molecule has 3 aromatic rings. The molecule has 0 radical (unpaired) electrons. The molecule has 0 saturated heterocycles. The molecule has 0 aliphatic carbocycles. The quantitative estimate of drug-likeness (QED) is 0.514. The minimum Gasteiger partial charge on any atom is -0.467 e. The van der Waals surface area contributed by atoms with Crippen LogP contribution in [0.3, 0.4) is 0 Å². The summed E-state index contributed by atoms with van der Waals surface area (Å²) in [7, 11) is -3.74. The topological polar surface area (TPSA) is 109 Å². The van der Waals surface area contributed by atoms with E-state index in [4.69, 9.17) is 4.42 Å². The summed E-state index contributed by atoms with van der Waals surface area (Å²) in [4.78, 5) is 25.8. The normalized spacial score (nSPS) is 12.1. The van der Waals surface area contributed by atoms with Gasteiger partial charge in [0.15, 0.2) is 0 Å². The molecule has 1 atom stereocenters. The number of hydrogen-bond donors (Lipinski definition) is 2. The first-order valence-electron chi connectivity index (χ1n) is 10.1. The molecule has 168 valence electrons. The summed E-state index contributed by atoms with van der Waals surface area (Å²) in [6.45, 7) is 1.93. The Morgan fingerprint density at radius 3 is 2.31 bits per heavy atom. The van der Waals surface area contributed by atoms with Gasteiger partial charge in [-0.25, -0.2) is 8.42 Å². The van der Waals surface area contributed by atoms with Gasteiger partial charge in [0.1, 0.15) is 11.8 Å². The average Bonchev–Trinajstić information content (AvgIpc) is 3.29. The second-order valence-electron chi connectivity index (χ2n) is 7.12. The van der Waals surface area contributed by atoms with Crippen LogP contribution in [0, 0.1) is 0 Å². The second-order valence-corrected chi connectivity index (χ2v) is 8.97. The Hall–Kier alpha value is -3.59. The highest BCUT2D eigenvalue weighted by Crippen LogP contribution is 2.24. The van der Waals surface area contributed by atoms with Crippen molar-refractivity contribution in [3.05, 3.63) is 84.3 Å². The van der Waals surface area contributed by atoms with Gasteiger partial charge in [0.25, 0.3) is 5.91 Å². The predicted octanol–water partition coefficient (Wildman–Crippen LogP) is 3.39. The van der Waals surface area contributed by atoms with Crippen molar-refractivity contribution in [1.82, 2.24) is 5.32 Å². The lowest BCUT2D eigenvalue weighted by molar-refractivity contribution is -0.117. The molecule has 0 aliphatic rings. The van der Waals surface area contributed by atoms with Crippen LogP contribution in [-0.4, -0.2) is 32.5 Å². The van der Waals surface area contributed by atoms with Crippen molar-refractivity contribution >= 4 is 33.2 Å². The summed E-state index contributed by atoms with van der Waals surface area (Å²) in [6.07, 6.45) is 2.81. The molecule has 0 saturated carbocycles. The Morgan fingerprint density at radius 1 is 1.00 bits per heavy atom. The summed E-state index contributed by atoms with van der Waals surface area (Å²) in [5, 5.41) is 5.47. The summed E-state index contributed by atoms with van der Waals surface area (Å²) in [5.41, 5.74) is 0.934. The van der Waals surface area contributed by atoms with Crippen LogP contribution in [0.5, 0.6) is 0 Å². The van der Waals surface area contributed by atoms with Crippen LogP contribution in [0.25, 0.3) is 0 Å². The van der Waals surface area contributed by atoms with Gasteiger partial charge in [-0.05, 0) is 42.8 Å². The van der Waals surface area contributed by atoms with Crippen molar-refractivity contribution in [1.29, 1.82) is 0 Å². The number of nitrogens with one attached hydrogen (secondary N) is 2. The molecule has 1 heterocycles. The van der Waals surface area contributed by atoms with E-state index >= 15 is 0 Å². The predicted molar refractivity (Wildman–Crippen MR) is 123 cm³/mol. The Balaban J connectivity index is 1.83. The average molecular weight is 456 g/mol. The Labute approximate surface area is 187 Å². The molecule has 0 fully saturated rings. The first-order chi connectivity index (χ1) is 15.3. The fourth-order valence-electron chi connectivity index (χ4n) is 3.32. The maximum Gasteiger partial charge on any atom is 0.253 e. The summed E-state index contributed by atoms with van der Waals surface area (Å²) in [6, 6.07) is 17.5. The van der Waals surface area contributed by atoms with Crippen molar-refractivity contribution in [2.45, 2.75) is 25.9 Å². The number of nitrogens with zero attached hydrogens (tertiary/aromatic N) is 1. The third kappa shape index (κ3) is 5.55. The highest BCUT2D eigenvalue weighted by atomic mass is 32.2. The van der Waals surface area contributed by atoms with Crippen LogP contribution in [0.2, 0.25) is 0 Å². The van der Waals surface area contributed by atoms with Gasteiger partial charge >= 0.3 is 0 Å². The standard InChI is InChI=1S/C23H25N3O5S/c1-3-21(26(32(2,29)30)17-10-5-4-6-11-17)23(28)25-20-14-8-7-13-19(20)22(27)24-16-18-12-9-15-31-18/h4-15,21H,3,16H2,1-2H3,(H,24,27)(H,25,28)/t21-/m1/s1. The lowest BCUT2D eigenvalue weighted by Crippen LogP contribution is -2.47. The van der Waals surface area contributed by atoms with Crippen molar-refractivity contribution < 1.29 is 22.4 Å². The highest BCUT2D eigenvalue weighted by molar-refractivity contribution is 7.92. The van der Waals surface area contributed by atoms with E-state index in [9.17, 15) is 18.0 Å². The zero-order chi connectivity index (χ0) is 23.1. The molecular weight excluding hydrogens is 430 g/mol. The number of sulfonamides is 1. The second kappa shape index (κ2) is 10.1. The van der Waals surface area contributed by atoms with E-state index < -0.39 is 27.9 Å². The van der Waals surface area contributed by atoms with Crippen molar-refractivity contribution in [3.63, 3.8) is 0 Å². The monoisotopic (exact) mass is 455 g/mol. The van der Waals surface area contributed by atoms with E-state index in [0.717, 1.165) is 10.6 Å². The van der Waals surface area contributed by atoms with E-state index in [-0.39, 0.29) is 24.2 Å². The van der Waals surface area contributed by atoms with Crippen molar-refractivity contribution in [2.24, 2.45) is 0 Å². The molecule has 0 spiro atoms. The minimum atomic E-state index is -3.74. The Morgan fingerprint density at radius 2 is 1.69 bits per heavy atom. The van der Waals surface area contributed by atoms with E-state index in [1.54, 1.807) is 73.7 Å². The van der Waals surface area contributed by atoms with Gasteiger partial charge in [-0.15, -0.1) is 0 Å². The maximum absolute atomic E-state index is 13.2. The van der Waals surface area contributed by atoms with E-state index in [1.807, 2.05) is 0 Å². The number of anilines is 2. The molecule has 2 N–H and O–H groups in total. The van der Waals surface area contributed by atoms with Gasteiger partial charge in [0, 0.05) is 0 Å². The molecule has 1 aromatic heterocycles. The number of benzene rings is 2. The Kier molecular flexibility index (Phi) is 7.32. The number of furan rings is 1. The summed E-state index contributed by atoms with van der Waals surface area (Å²) >= 11 is 0. The van der Waals surface area contributed by atoms with Gasteiger partial charge in [-0.1, -0.05) is 37.3 Å². The number of carbonyl (C=O) groups excluding carboxylic acids is 2. The fraction of sp³-hybridized carbons (Fsp3) is 0.217. The van der Waals surface area contributed by atoms with Crippen molar-refractivity contribution in [2.75, 3.05) is 15.9 Å². The summed E-state index contributed by atoms with van der Waals surface area (Å²) < 4.78 is 31.4. The van der Waals surface area contributed by atoms with Crippen LogP contribution in [0.15, 0.2) is 77.4 Å². The molecule has 8 nitrogen and oxygen atoms in total. The van der Waals surface area contributed by atoms with Crippen LogP contribution in [-0.2, 0) is 21.4 Å². The molecule has 0 bridgehead atoms. The van der Waals surface area contributed by atoms with Gasteiger partial charge < -0.3 is 15.1 Å². The first-order valence-corrected chi connectivity index (χ1v) is 11.9. The lowest BCUT2D eigenvalue weighted by atomic mass is 10.1. The van der Waals surface area contributed by atoms with Gasteiger partial charge in [0.05, 0.1) is 36.0 Å². The molecule has 3 rings (SSSR count). The Bertz CT molecular complexity index is 1160. The molecule has 2 amide bonds. The molecular formula is C23H25N3O5S. The molecule has 32 heavy (non-hydrogen) atoms. The zero-order valence-corrected chi connectivity index (χ0v) is 18.6. The molecule has 0 aliphatic heterocycles. The number of hydrogen-bond acceptors (Lipinski definition) is 5. The van der Waals surface area contributed by atoms with Gasteiger partial charge in [-0.2, -0.15) is 0 Å². The van der Waals surface area contributed by atoms with Crippen LogP contribution >= 0.6 is 0 Å². The molecule has 0 unspecified atom stereocenters. The number of rotatable bonds is 9. The molecule has 9 heteroatoms. The first kappa shape index (κ1) is 23.1. The molecule has 2 aromatic carbocycles. The van der Waals surface area contributed by atoms with E-state index in [0.29, 0.717) is 11.4 Å². The van der Waals surface area contributed by atoms with Crippen LogP contribution in [0.1, 0.15) is 29.5 Å². The summed E-state index contributed by atoms with van der Waals surface area (Å²) in [5.74, 6) is -0.334. The number of amides is 2. The van der Waals surface area contributed by atoms with Gasteiger partial charge in [0.2, 0.25) is 15.9 Å².